The highest BCUT2D eigenvalue weighted by atomic mass is 28.1. The molecule has 1 radical (unpaired) electrons. The van der Waals surface area contributed by atoms with E-state index >= 15 is 0 Å². The molecule has 0 spiro atoms. The number of hydrogen-bond donors (Lipinski definition) is 0. The third-order valence-electron chi connectivity index (χ3n) is 1.88. The second kappa shape index (κ2) is 2.51. The summed E-state index contributed by atoms with van der Waals surface area (Å²) in [7, 11) is 2.13. The predicted octanol–water partition coefficient (Wildman–Crippen LogP) is 1.23. The van der Waals surface area contributed by atoms with Gasteiger partial charge < -0.3 is 0 Å². The minimum absolute atomic E-state index is 1.11. The average Bonchev–Trinajstić information content (AvgIpc) is 2.14. The largest absolute Gasteiger partial charge is 0.0624 e. The molecule has 1 aliphatic carbocycles. The van der Waals surface area contributed by atoms with Crippen molar-refractivity contribution in [3.05, 3.63) is 0 Å². The van der Waals surface area contributed by atoms with Crippen molar-refractivity contribution in [2.75, 3.05) is 0 Å². The topological polar surface area (TPSA) is 0 Å². The van der Waals surface area contributed by atoms with Crippen LogP contribution < -0.4 is 0 Å². The highest BCUT2D eigenvalue weighted by molar-refractivity contribution is 6.08. The Labute approximate surface area is 48.7 Å². The van der Waals surface area contributed by atoms with E-state index in [0.29, 0.717) is 0 Å². The van der Waals surface area contributed by atoms with Gasteiger partial charge in [-0.2, -0.15) is 0 Å². The molecule has 0 amide bonds. The van der Waals surface area contributed by atoms with Gasteiger partial charge in [0.15, 0.2) is 0 Å². The fourth-order valence-corrected chi connectivity index (χ4v) is 1.88. The summed E-state index contributed by atoms with van der Waals surface area (Å²) in [6.07, 6.45) is 6.04. The van der Waals surface area contributed by atoms with Crippen LogP contribution in [0.1, 0.15) is 25.7 Å². The van der Waals surface area contributed by atoms with Crippen molar-refractivity contribution in [3.63, 3.8) is 0 Å². The van der Waals surface area contributed by atoms with Crippen LogP contribution in [0.15, 0.2) is 0 Å². The lowest BCUT2D eigenvalue weighted by molar-refractivity contribution is 0.611. The maximum Gasteiger partial charge on any atom is 0.00833 e. The third-order valence-corrected chi connectivity index (χ3v) is 2.70. The van der Waals surface area contributed by atoms with Crippen LogP contribution in [0.4, 0.5) is 0 Å². The maximum atomic E-state index is 2.13. The summed E-state index contributed by atoms with van der Waals surface area (Å²) >= 11 is 0. The summed E-state index contributed by atoms with van der Waals surface area (Å²) in [4.78, 5) is 0. The van der Waals surface area contributed by atoms with Crippen molar-refractivity contribution in [1.82, 2.24) is 0 Å². The summed E-state index contributed by atoms with van der Waals surface area (Å²) in [5, 5.41) is 0. The van der Waals surface area contributed by atoms with Crippen molar-refractivity contribution < 1.29 is 0 Å². The minimum atomic E-state index is 1.11. The Morgan fingerprint density at radius 3 is 2.14 bits per heavy atom. The Morgan fingerprint density at radius 1 is 1.29 bits per heavy atom. The van der Waals surface area contributed by atoms with Crippen LogP contribution in [0, 0.1) is 5.92 Å². The molecular formula is C6H13Si. The van der Waals surface area contributed by atoms with Gasteiger partial charge in [0.2, 0.25) is 0 Å². The predicted molar refractivity (Wildman–Crippen MR) is 35.3 cm³/mol. The molecule has 1 rings (SSSR count). The first-order valence-corrected chi connectivity index (χ1v) is 4.22. The molecule has 0 nitrogen and oxygen atoms in total. The monoisotopic (exact) mass is 113 g/mol. The fourth-order valence-electron chi connectivity index (χ4n) is 1.30. The highest BCUT2D eigenvalue weighted by Gasteiger charge is 2.11. The molecule has 0 bridgehead atoms. The molecular weight excluding hydrogens is 100 g/mol. The molecule has 0 saturated heterocycles. The zero-order chi connectivity index (χ0) is 5.11. The zero-order valence-corrected chi connectivity index (χ0v) is 6.23. The zero-order valence-electron chi connectivity index (χ0n) is 4.82. The Morgan fingerprint density at radius 2 is 1.86 bits per heavy atom. The van der Waals surface area contributed by atoms with Gasteiger partial charge in [0.1, 0.15) is 0 Å². The molecule has 0 unspecified atom stereocenters. The quantitative estimate of drug-likeness (QED) is 0.449. The van der Waals surface area contributed by atoms with Gasteiger partial charge in [0.05, 0.1) is 0 Å². The fraction of sp³-hybridized carbons (Fsp3) is 1.00. The average molecular weight is 113 g/mol. The van der Waals surface area contributed by atoms with Gasteiger partial charge in [0.25, 0.3) is 0 Å². The van der Waals surface area contributed by atoms with Crippen molar-refractivity contribution in [3.8, 4) is 0 Å². The SMILES string of the molecule is [SiH2]CC1CCCC1. The van der Waals surface area contributed by atoms with E-state index in [2.05, 4.69) is 10.2 Å². The highest BCUT2D eigenvalue weighted by Crippen LogP contribution is 2.26. The van der Waals surface area contributed by atoms with Gasteiger partial charge in [-0.05, 0) is 5.92 Å². The first kappa shape index (κ1) is 5.36. The Balaban J connectivity index is 2.14. The smallest absolute Gasteiger partial charge is 0.00833 e. The first-order chi connectivity index (χ1) is 3.43. The van der Waals surface area contributed by atoms with E-state index in [1.807, 2.05) is 0 Å². The second-order valence-corrected chi connectivity index (χ2v) is 3.02. The maximum absolute atomic E-state index is 2.13. The standard InChI is InChI=1S/C6H13Si/c7-5-6-3-1-2-4-6/h6H,1-5,7H2. The van der Waals surface area contributed by atoms with Gasteiger partial charge in [0, 0.05) is 10.2 Å². The molecule has 1 saturated carbocycles. The van der Waals surface area contributed by atoms with Crippen LogP contribution >= 0.6 is 0 Å². The van der Waals surface area contributed by atoms with Crippen LogP contribution in [-0.4, -0.2) is 10.2 Å². The minimum Gasteiger partial charge on any atom is -0.0624 e. The van der Waals surface area contributed by atoms with Crippen LogP contribution in [0.5, 0.6) is 0 Å². The van der Waals surface area contributed by atoms with Crippen LogP contribution in [0.25, 0.3) is 0 Å². The Kier molecular flexibility index (Phi) is 1.92. The summed E-state index contributed by atoms with van der Waals surface area (Å²) in [6, 6.07) is 1.44. The summed E-state index contributed by atoms with van der Waals surface area (Å²) < 4.78 is 0. The summed E-state index contributed by atoms with van der Waals surface area (Å²) in [5.74, 6) is 1.11. The lowest BCUT2D eigenvalue weighted by atomic mass is 10.1. The normalized spacial score (nSPS) is 23.6. The van der Waals surface area contributed by atoms with Crippen LogP contribution in [0.2, 0.25) is 6.04 Å². The van der Waals surface area contributed by atoms with E-state index in [1.54, 1.807) is 0 Å². The van der Waals surface area contributed by atoms with Crippen LogP contribution in [-0.2, 0) is 0 Å². The van der Waals surface area contributed by atoms with E-state index in [0.717, 1.165) is 5.92 Å². The Bertz CT molecular complexity index is 46.1. The molecule has 0 aromatic heterocycles. The summed E-state index contributed by atoms with van der Waals surface area (Å²) in [5.41, 5.74) is 0. The van der Waals surface area contributed by atoms with E-state index in [-0.39, 0.29) is 0 Å². The lowest BCUT2D eigenvalue weighted by Crippen LogP contribution is -1.88. The molecule has 1 heteroatoms. The summed E-state index contributed by atoms with van der Waals surface area (Å²) in [6.45, 7) is 0. The third kappa shape index (κ3) is 1.30. The first-order valence-electron chi connectivity index (χ1n) is 3.22. The van der Waals surface area contributed by atoms with Gasteiger partial charge in [-0.25, -0.2) is 0 Å². The number of rotatable bonds is 1. The van der Waals surface area contributed by atoms with Crippen molar-refractivity contribution >= 4 is 10.2 Å². The molecule has 1 aliphatic rings. The molecule has 0 N–H and O–H groups in total. The van der Waals surface area contributed by atoms with Crippen molar-refractivity contribution in [2.45, 2.75) is 31.7 Å². The molecule has 0 aromatic rings. The lowest BCUT2D eigenvalue weighted by Gasteiger charge is -1.99. The van der Waals surface area contributed by atoms with E-state index in [9.17, 15) is 0 Å². The van der Waals surface area contributed by atoms with Gasteiger partial charge in [-0.1, -0.05) is 31.7 Å². The van der Waals surface area contributed by atoms with Crippen molar-refractivity contribution in [2.24, 2.45) is 5.92 Å². The van der Waals surface area contributed by atoms with Gasteiger partial charge >= 0.3 is 0 Å². The molecule has 0 heterocycles. The molecule has 1 fully saturated rings. The second-order valence-electron chi connectivity index (χ2n) is 2.44. The van der Waals surface area contributed by atoms with E-state index in [4.69, 9.17) is 0 Å². The van der Waals surface area contributed by atoms with Crippen molar-refractivity contribution in [1.29, 1.82) is 0 Å². The van der Waals surface area contributed by atoms with Crippen LogP contribution in [0.3, 0.4) is 0 Å². The number of hydrogen-bond acceptors (Lipinski definition) is 0. The van der Waals surface area contributed by atoms with Gasteiger partial charge in [-0.15, -0.1) is 0 Å². The Hall–Kier alpha value is 0.217. The molecule has 0 aliphatic heterocycles. The van der Waals surface area contributed by atoms with E-state index < -0.39 is 0 Å². The molecule has 41 valence electrons. The molecule has 0 aromatic carbocycles. The van der Waals surface area contributed by atoms with Gasteiger partial charge in [-0.3, -0.25) is 0 Å². The van der Waals surface area contributed by atoms with E-state index in [1.165, 1.54) is 31.7 Å². The molecule has 0 atom stereocenters. The molecule has 7 heavy (non-hydrogen) atoms.